The van der Waals surface area contributed by atoms with Crippen molar-refractivity contribution in [3.8, 4) is 5.88 Å². The number of aryl methyl sites for hydroxylation is 2. The average Bonchev–Trinajstić information content (AvgIpc) is 2.62. The molecule has 1 unspecified atom stereocenters. The Bertz CT molecular complexity index is 436. The van der Waals surface area contributed by atoms with E-state index in [0.29, 0.717) is 6.04 Å². The summed E-state index contributed by atoms with van der Waals surface area (Å²) in [5.41, 5.74) is 2.19. The van der Waals surface area contributed by atoms with Gasteiger partial charge in [-0.05, 0) is 26.9 Å². The quantitative estimate of drug-likeness (QED) is 0.892. The van der Waals surface area contributed by atoms with Crippen molar-refractivity contribution in [2.75, 3.05) is 33.8 Å². The molecule has 5 heteroatoms. The summed E-state index contributed by atoms with van der Waals surface area (Å²) in [6.45, 7) is 7.21. The van der Waals surface area contributed by atoms with E-state index in [1.807, 2.05) is 0 Å². The molecule has 106 valence electrons. The van der Waals surface area contributed by atoms with Crippen LogP contribution in [-0.2, 0) is 6.42 Å². The highest BCUT2D eigenvalue weighted by Gasteiger charge is 2.26. The predicted molar refractivity (Wildman–Crippen MR) is 75.6 cm³/mol. The number of likely N-dealkylation sites (N-methyl/N-ethyl adjacent to an activating group) is 1. The number of rotatable bonds is 3. The molecule has 5 nitrogen and oxygen atoms in total. The van der Waals surface area contributed by atoms with Crippen LogP contribution < -0.4 is 10.1 Å². The molecular formula is C14H24N4O. The lowest BCUT2D eigenvalue weighted by Crippen LogP contribution is -2.28. The Morgan fingerprint density at radius 1 is 1.37 bits per heavy atom. The van der Waals surface area contributed by atoms with Crippen LogP contribution in [-0.4, -0.2) is 48.7 Å². The smallest absolute Gasteiger partial charge is 0.221 e. The van der Waals surface area contributed by atoms with Crippen LogP contribution in [0.25, 0.3) is 0 Å². The maximum Gasteiger partial charge on any atom is 0.221 e. The summed E-state index contributed by atoms with van der Waals surface area (Å²) in [5.74, 6) is 1.59. The summed E-state index contributed by atoms with van der Waals surface area (Å²) in [6.07, 6.45) is 1.89. The van der Waals surface area contributed by atoms with E-state index in [-0.39, 0.29) is 0 Å². The first-order valence-electron chi connectivity index (χ1n) is 6.99. The predicted octanol–water partition coefficient (Wildman–Crippen LogP) is 1.32. The van der Waals surface area contributed by atoms with Crippen LogP contribution in [0.2, 0.25) is 0 Å². The van der Waals surface area contributed by atoms with Crippen LogP contribution in [0.5, 0.6) is 5.88 Å². The Labute approximate surface area is 115 Å². The zero-order valence-electron chi connectivity index (χ0n) is 12.4. The van der Waals surface area contributed by atoms with Gasteiger partial charge >= 0.3 is 0 Å². The molecule has 0 amide bonds. The van der Waals surface area contributed by atoms with Gasteiger partial charge in [0.2, 0.25) is 5.88 Å². The second-order valence-corrected chi connectivity index (χ2v) is 5.04. The molecule has 0 aromatic carbocycles. The molecule has 0 spiro atoms. The standard InChI is InChI=1S/C14H24N4O/c1-5-12-16-10(2)13(14(17-12)19-4)11-6-7-15-8-9-18(11)3/h11,15H,5-9H2,1-4H3. The Balaban J connectivity index is 2.41. The summed E-state index contributed by atoms with van der Waals surface area (Å²) in [5, 5.41) is 3.43. The van der Waals surface area contributed by atoms with Crippen molar-refractivity contribution in [2.45, 2.75) is 32.7 Å². The molecule has 1 aromatic heterocycles. The van der Waals surface area contributed by atoms with E-state index >= 15 is 0 Å². The van der Waals surface area contributed by atoms with Gasteiger partial charge in [0.15, 0.2) is 0 Å². The number of methoxy groups -OCH3 is 1. The Morgan fingerprint density at radius 3 is 2.84 bits per heavy atom. The summed E-state index contributed by atoms with van der Waals surface area (Å²) in [7, 11) is 3.85. The number of hydrogen-bond donors (Lipinski definition) is 1. The molecule has 1 aliphatic heterocycles. The van der Waals surface area contributed by atoms with Crippen LogP contribution in [0, 0.1) is 6.92 Å². The monoisotopic (exact) mass is 264 g/mol. The first-order chi connectivity index (χ1) is 9.17. The summed E-state index contributed by atoms with van der Waals surface area (Å²) in [6, 6.07) is 0.329. The van der Waals surface area contributed by atoms with Crippen molar-refractivity contribution in [1.29, 1.82) is 0 Å². The fourth-order valence-electron chi connectivity index (χ4n) is 2.67. The third kappa shape index (κ3) is 3.04. The van der Waals surface area contributed by atoms with Gasteiger partial charge in [0.1, 0.15) is 5.82 Å². The van der Waals surface area contributed by atoms with Gasteiger partial charge in [-0.2, -0.15) is 4.98 Å². The van der Waals surface area contributed by atoms with Crippen molar-refractivity contribution >= 4 is 0 Å². The Morgan fingerprint density at radius 2 is 2.16 bits per heavy atom. The van der Waals surface area contributed by atoms with Gasteiger partial charge in [-0.15, -0.1) is 0 Å². The minimum absolute atomic E-state index is 0.329. The lowest BCUT2D eigenvalue weighted by molar-refractivity contribution is 0.247. The lowest BCUT2D eigenvalue weighted by atomic mass is 10.0. The van der Waals surface area contributed by atoms with Crippen LogP contribution >= 0.6 is 0 Å². The molecule has 1 N–H and O–H groups in total. The maximum atomic E-state index is 5.51. The highest BCUT2D eigenvalue weighted by Crippen LogP contribution is 2.32. The SMILES string of the molecule is CCc1nc(C)c(C2CCNCCN2C)c(OC)n1. The zero-order valence-corrected chi connectivity index (χ0v) is 12.4. The molecule has 1 aliphatic rings. The van der Waals surface area contributed by atoms with Crippen LogP contribution in [0.3, 0.4) is 0 Å². The number of nitrogens with one attached hydrogen (secondary N) is 1. The van der Waals surface area contributed by atoms with E-state index in [4.69, 9.17) is 4.74 Å². The van der Waals surface area contributed by atoms with Gasteiger partial charge in [0.05, 0.1) is 12.7 Å². The number of ether oxygens (including phenoxy) is 1. The number of nitrogens with zero attached hydrogens (tertiary/aromatic N) is 3. The lowest BCUT2D eigenvalue weighted by Gasteiger charge is -2.27. The second-order valence-electron chi connectivity index (χ2n) is 5.04. The molecule has 0 saturated carbocycles. The molecule has 0 aliphatic carbocycles. The minimum Gasteiger partial charge on any atom is -0.481 e. The topological polar surface area (TPSA) is 50.3 Å². The largest absolute Gasteiger partial charge is 0.481 e. The minimum atomic E-state index is 0.329. The molecule has 1 aromatic rings. The molecule has 1 atom stereocenters. The van der Waals surface area contributed by atoms with Crippen molar-refractivity contribution < 1.29 is 4.74 Å². The third-order valence-electron chi connectivity index (χ3n) is 3.76. The van der Waals surface area contributed by atoms with Gasteiger partial charge in [-0.3, -0.25) is 4.90 Å². The van der Waals surface area contributed by atoms with E-state index in [0.717, 1.165) is 55.4 Å². The normalized spacial score (nSPS) is 21.2. The average molecular weight is 264 g/mol. The summed E-state index contributed by atoms with van der Waals surface area (Å²) in [4.78, 5) is 11.5. The fourth-order valence-corrected chi connectivity index (χ4v) is 2.67. The van der Waals surface area contributed by atoms with E-state index in [1.165, 1.54) is 0 Å². The molecule has 2 rings (SSSR count). The highest BCUT2D eigenvalue weighted by atomic mass is 16.5. The third-order valence-corrected chi connectivity index (χ3v) is 3.76. The molecule has 19 heavy (non-hydrogen) atoms. The van der Waals surface area contributed by atoms with E-state index in [2.05, 4.69) is 41.1 Å². The van der Waals surface area contributed by atoms with E-state index in [1.54, 1.807) is 7.11 Å². The molecule has 1 saturated heterocycles. The van der Waals surface area contributed by atoms with Crippen LogP contribution in [0.1, 0.15) is 36.5 Å². The summed E-state index contributed by atoms with van der Waals surface area (Å²) < 4.78 is 5.51. The zero-order chi connectivity index (χ0) is 13.8. The second kappa shape index (κ2) is 6.30. The molecule has 0 radical (unpaired) electrons. The van der Waals surface area contributed by atoms with Crippen molar-refractivity contribution in [3.63, 3.8) is 0 Å². The molecule has 1 fully saturated rings. The number of aromatic nitrogens is 2. The maximum absolute atomic E-state index is 5.51. The van der Waals surface area contributed by atoms with Crippen LogP contribution in [0.4, 0.5) is 0 Å². The Kier molecular flexibility index (Phi) is 4.71. The van der Waals surface area contributed by atoms with Gasteiger partial charge in [-0.1, -0.05) is 6.92 Å². The summed E-state index contributed by atoms with van der Waals surface area (Å²) >= 11 is 0. The van der Waals surface area contributed by atoms with Gasteiger partial charge in [0, 0.05) is 31.2 Å². The van der Waals surface area contributed by atoms with Gasteiger partial charge in [0.25, 0.3) is 0 Å². The van der Waals surface area contributed by atoms with Crippen molar-refractivity contribution in [1.82, 2.24) is 20.2 Å². The van der Waals surface area contributed by atoms with Gasteiger partial charge in [-0.25, -0.2) is 4.98 Å². The molecule has 0 bridgehead atoms. The first-order valence-corrected chi connectivity index (χ1v) is 6.99. The van der Waals surface area contributed by atoms with Crippen LogP contribution in [0.15, 0.2) is 0 Å². The first kappa shape index (κ1) is 14.2. The van der Waals surface area contributed by atoms with E-state index in [9.17, 15) is 0 Å². The number of hydrogen-bond acceptors (Lipinski definition) is 5. The fraction of sp³-hybridized carbons (Fsp3) is 0.714. The highest BCUT2D eigenvalue weighted by molar-refractivity contribution is 5.34. The van der Waals surface area contributed by atoms with Gasteiger partial charge < -0.3 is 10.1 Å². The van der Waals surface area contributed by atoms with E-state index < -0.39 is 0 Å². The Hall–Kier alpha value is -1.20. The van der Waals surface area contributed by atoms with Crippen molar-refractivity contribution in [2.24, 2.45) is 0 Å². The molecule has 2 heterocycles. The van der Waals surface area contributed by atoms with Crippen molar-refractivity contribution in [3.05, 3.63) is 17.1 Å². The molecular weight excluding hydrogens is 240 g/mol.